The van der Waals surface area contributed by atoms with Crippen LogP contribution in [-0.2, 0) is 0 Å². The highest BCUT2D eigenvalue weighted by Crippen LogP contribution is 2.35. The molecule has 0 aliphatic carbocycles. The fourth-order valence-electron chi connectivity index (χ4n) is 1.33. The molecule has 2 atom stereocenters. The molecule has 80 valence electrons. The number of thiophene rings is 1. The summed E-state index contributed by atoms with van der Waals surface area (Å²) in [7, 11) is 0. The van der Waals surface area contributed by atoms with Gasteiger partial charge in [0.25, 0.3) is 0 Å². The second-order valence-electron chi connectivity index (χ2n) is 3.38. The lowest BCUT2D eigenvalue weighted by molar-refractivity contribution is 0.639. The highest BCUT2D eigenvalue weighted by molar-refractivity contribution is 7.99. The van der Waals surface area contributed by atoms with E-state index in [9.17, 15) is 0 Å². The first-order valence-electron chi connectivity index (χ1n) is 5.20. The van der Waals surface area contributed by atoms with E-state index < -0.39 is 0 Å². The van der Waals surface area contributed by atoms with Gasteiger partial charge in [0.2, 0.25) is 0 Å². The first-order chi connectivity index (χ1) is 6.79. The van der Waals surface area contributed by atoms with Gasteiger partial charge in [0, 0.05) is 10.9 Å². The van der Waals surface area contributed by atoms with E-state index >= 15 is 0 Å². The van der Waals surface area contributed by atoms with Crippen molar-refractivity contribution in [1.82, 2.24) is 0 Å². The van der Waals surface area contributed by atoms with Crippen LogP contribution in [0.1, 0.15) is 36.8 Å². The van der Waals surface area contributed by atoms with Gasteiger partial charge in [-0.1, -0.05) is 19.9 Å². The van der Waals surface area contributed by atoms with Gasteiger partial charge >= 0.3 is 0 Å². The fourth-order valence-corrected chi connectivity index (χ4v) is 3.65. The number of nitrogens with two attached hydrogens (primary N) is 1. The highest BCUT2D eigenvalue weighted by atomic mass is 32.2. The Labute approximate surface area is 95.1 Å². The van der Waals surface area contributed by atoms with E-state index in [0.29, 0.717) is 11.3 Å². The van der Waals surface area contributed by atoms with Crippen molar-refractivity contribution in [3.05, 3.63) is 22.4 Å². The molecule has 14 heavy (non-hydrogen) atoms. The van der Waals surface area contributed by atoms with Crippen LogP contribution in [0, 0.1) is 0 Å². The zero-order chi connectivity index (χ0) is 10.4. The lowest BCUT2D eigenvalue weighted by Gasteiger charge is -2.20. The lowest BCUT2D eigenvalue weighted by atomic mass is 10.1. The van der Waals surface area contributed by atoms with E-state index in [1.54, 1.807) is 0 Å². The third kappa shape index (κ3) is 3.30. The molecule has 0 spiro atoms. The van der Waals surface area contributed by atoms with Crippen molar-refractivity contribution < 1.29 is 0 Å². The molecule has 1 aromatic rings. The van der Waals surface area contributed by atoms with Crippen LogP contribution in [0.4, 0.5) is 0 Å². The van der Waals surface area contributed by atoms with Gasteiger partial charge in [0.1, 0.15) is 0 Å². The van der Waals surface area contributed by atoms with Gasteiger partial charge in [0.15, 0.2) is 0 Å². The van der Waals surface area contributed by atoms with Crippen molar-refractivity contribution in [3.8, 4) is 0 Å². The SMILES string of the molecule is CCCSC(c1cccs1)C(N)CC. The normalized spacial score (nSPS) is 15.4. The first kappa shape index (κ1) is 12.1. The molecule has 1 aromatic heterocycles. The van der Waals surface area contributed by atoms with E-state index in [0.717, 1.165) is 6.42 Å². The lowest BCUT2D eigenvalue weighted by Crippen LogP contribution is -2.25. The Kier molecular flexibility index (Phi) is 5.60. The predicted molar refractivity (Wildman–Crippen MR) is 68.1 cm³/mol. The summed E-state index contributed by atoms with van der Waals surface area (Å²) >= 11 is 3.82. The average molecular weight is 229 g/mol. The monoisotopic (exact) mass is 229 g/mol. The minimum atomic E-state index is 0.296. The Morgan fingerprint density at radius 1 is 1.50 bits per heavy atom. The highest BCUT2D eigenvalue weighted by Gasteiger charge is 2.19. The van der Waals surface area contributed by atoms with Crippen molar-refractivity contribution in [1.29, 1.82) is 0 Å². The molecule has 1 heterocycles. The number of thioether (sulfide) groups is 1. The Balaban J connectivity index is 2.62. The van der Waals surface area contributed by atoms with Crippen LogP contribution in [0.2, 0.25) is 0 Å². The molecular formula is C11H19NS2. The summed E-state index contributed by atoms with van der Waals surface area (Å²) in [4.78, 5) is 1.43. The molecule has 0 radical (unpaired) electrons. The van der Waals surface area contributed by atoms with Crippen LogP contribution in [0.3, 0.4) is 0 Å². The summed E-state index contributed by atoms with van der Waals surface area (Å²) in [6.45, 7) is 4.38. The molecule has 0 bridgehead atoms. The van der Waals surface area contributed by atoms with Crippen LogP contribution in [-0.4, -0.2) is 11.8 Å². The summed E-state index contributed by atoms with van der Waals surface area (Å²) in [6, 6.07) is 4.61. The molecule has 1 rings (SSSR count). The van der Waals surface area contributed by atoms with Crippen LogP contribution in [0.5, 0.6) is 0 Å². The van der Waals surface area contributed by atoms with E-state index in [1.807, 2.05) is 23.1 Å². The molecule has 0 aliphatic heterocycles. The maximum atomic E-state index is 6.14. The van der Waals surface area contributed by atoms with Gasteiger partial charge in [-0.3, -0.25) is 0 Å². The van der Waals surface area contributed by atoms with Gasteiger partial charge in [-0.2, -0.15) is 11.8 Å². The minimum absolute atomic E-state index is 0.296. The Morgan fingerprint density at radius 3 is 2.79 bits per heavy atom. The maximum absolute atomic E-state index is 6.14. The number of hydrogen-bond donors (Lipinski definition) is 1. The van der Waals surface area contributed by atoms with E-state index in [1.165, 1.54) is 17.1 Å². The molecule has 3 heteroatoms. The molecule has 0 saturated carbocycles. The first-order valence-corrected chi connectivity index (χ1v) is 7.13. The smallest absolute Gasteiger partial charge is 0.0542 e. The van der Waals surface area contributed by atoms with E-state index in [2.05, 4.69) is 31.4 Å². The third-order valence-corrected chi connectivity index (χ3v) is 4.90. The Morgan fingerprint density at radius 2 is 2.29 bits per heavy atom. The van der Waals surface area contributed by atoms with Crippen LogP contribution >= 0.6 is 23.1 Å². The third-order valence-electron chi connectivity index (χ3n) is 2.19. The van der Waals surface area contributed by atoms with Crippen LogP contribution in [0.25, 0.3) is 0 Å². The van der Waals surface area contributed by atoms with Crippen molar-refractivity contribution in [2.24, 2.45) is 5.73 Å². The topological polar surface area (TPSA) is 26.0 Å². The average Bonchev–Trinajstić information content (AvgIpc) is 2.71. The molecule has 2 N–H and O–H groups in total. The molecule has 0 saturated heterocycles. The second kappa shape index (κ2) is 6.49. The standard InChI is InChI=1S/C11H19NS2/c1-3-7-14-11(9(12)4-2)10-6-5-8-13-10/h5-6,8-9,11H,3-4,7,12H2,1-2H3. The molecular weight excluding hydrogens is 210 g/mol. The fraction of sp³-hybridized carbons (Fsp3) is 0.636. The molecule has 0 aromatic carbocycles. The van der Waals surface area contributed by atoms with Crippen molar-refractivity contribution >= 4 is 23.1 Å². The Hall–Kier alpha value is 0.01000. The minimum Gasteiger partial charge on any atom is -0.326 e. The predicted octanol–water partition coefficient (Wildman–Crippen LogP) is 3.67. The van der Waals surface area contributed by atoms with E-state index in [4.69, 9.17) is 5.73 Å². The van der Waals surface area contributed by atoms with Gasteiger partial charge in [-0.25, -0.2) is 0 Å². The van der Waals surface area contributed by atoms with Crippen molar-refractivity contribution in [2.75, 3.05) is 5.75 Å². The van der Waals surface area contributed by atoms with Crippen molar-refractivity contribution in [3.63, 3.8) is 0 Å². The quantitative estimate of drug-likeness (QED) is 0.805. The zero-order valence-corrected chi connectivity index (χ0v) is 10.5. The van der Waals surface area contributed by atoms with E-state index in [-0.39, 0.29) is 0 Å². The molecule has 2 unspecified atom stereocenters. The summed E-state index contributed by atoms with van der Waals surface area (Å²) < 4.78 is 0. The molecule has 0 fully saturated rings. The van der Waals surface area contributed by atoms with Gasteiger partial charge in [0.05, 0.1) is 5.25 Å². The molecule has 1 nitrogen and oxygen atoms in total. The summed E-state index contributed by atoms with van der Waals surface area (Å²) in [5.74, 6) is 1.20. The summed E-state index contributed by atoms with van der Waals surface area (Å²) in [6.07, 6.45) is 2.28. The van der Waals surface area contributed by atoms with Gasteiger partial charge < -0.3 is 5.73 Å². The van der Waals surface area contributed by atoms with Gasteiger partial charge in [-0.05, 0) is 30.0 Å². The zero-order valence-electron chi connectivity index (χ0n) is 8.90. The second-order valence-corrected chi connectivity index (χ2v) is 5.61. The number of hydrogen-bond acceptors (Lipinski definition) is 3. The summed E-state index contributed by atoms with van der Waals surface area (Å²) in [5.41, 5.74) is 6.14. The van der Waals surface area contributed by atoms with Crippen LogP contribution in [0.15, 0.2) is 17.5 Å². The largest absolute Gasteiger partial charge is 0.326 e. The Bertz CT molecular complexity index is 233. The molecule has 0 aliphatic rings. The summed E-state index contributed by atoms with van der Waals surface area (Å²) in [5, 5.41) is 2.64. The van der Waals surface area contributed by atoms with Crippen molar-refractivity contribution in [2.45, 2.75) is 38.0 Å². The number of rotatable bonds is 6. The molecule has 0 amide bonds. The van der Waals surface area contributed by atoms with Crippen LogP contribution < -0.4 is 5.73 Å². The maximum Gasteiger partial charge on any atom is 0.0542 e. The van der Waals surface area contributed by atoms with Gasteiger partial charge in [-0.15, -0.1) is 11.3 Å².